The molecule has 29 heavy (non-hydrogen) atoms. The molecule has 1 fully saturated rings. The summed E-state index contributed by atoms with van der Waals surface area (Å²) in [6.45, 7) is 7.78. The van der Waals surface area contributed by atoms with Gasteiger partial charge in [0.15, 0.2) is 0 Å². The number of benzene rings is 2. The molecule has 2 aromatic rings. The fourth-order valence-corrected chi connectivity index (χ4v) is 4.31. The summed E-state index contributed by atoms with van der Waals surface area (Å²) in [5, 5.41) is 0.826. The maximum absolute atomic E-state index is 6.55. The molecule has 156 valence electrons. The van der Waals surface area contributed by atoms with Gasteiger partial charge in [0.2, 0.25) is 0 Å². The number of ether oxygens (including phenoxy) is 2. The number of hydrogen-bond donors (Lipinski definition) is 0. The highest BCUT2D eigenvalue weighted by Crippen LogP contribution is 2.35. The maximum atomic E-state index is 6.55. The van der Waals surface area contributed by atoms with Crippen molar-refractivity contribution in [3.63, 3.8) is 0 Å². The topological polar surface area (TPSA) is 21.7 Å². The highest BCUT2D eigenvalue weighted by Gasteiger charge is 2.29. The molecule has 3 rings (SSSR count). The van der Waals surface area contributed by atoms with Crippen LogP contribution in [0.15, 0.2) is 55.1 Å². The first-order valence-corrected chi connectivity index (χ1v) is 10.9. The van der Waals surface area contributed by atoms with Crippen molar-refractivity contribution in [2.75, 3.05) is 26.9 Å². The summed E-state index contributed by atoms with van der Waals surface area (Å²) >= 11 is 6.55. The fourth-order valence-electron chi connectivity index (χ4n) is 4.13. The van der Waals surface area contributed by atoms with E-state index in [1.165, 1.54) is 36.0 Å². The second kappa shape index (κ2) is 10.8. The van der Waals surface area contributed by atoms with Crippen LogP contribution in [0, 0.1) is 0 Å². The summed E-state index contributed by atoms with van der Waals surface area (Å²) in [6, 6.07) is 15.6. The molecule has 1 heterocycles. The Kier molecular flexibility index (Phi) is 8.17. The van der Waals surface area contributed by atoms with Gasteiger partial charge in [-0.1, -0.05) is 41.9 Å². The van der Waals surface area contributed by atoms with Gasteiger partial charge in [0, 0.05) is 17.1 Å². The summed E-state index contributed by atoms with van der Waals surface area (Å²) in [4.78, 5) is 2.47. The minimum absolute atomic E-state index is 0.400. The van der Waals surface area contributed by atoms with E-state index in [0.717, 1.165) is 23.8 Å². The van der Waals surface area contributed by atoms with Crippen molar-refractivity contribution in [2.24, 2.45) is 0 Å². The van der Waals surface area contributed by atoms with Crippen molar-refractivity contribution in [1.82, 2.24) is 4.90 Å². The first-order chi connectivity index (χ1) is 14.1. The van der Waals surface area contributed by atoms with Crippen LogP contribution in [-0.4, -0.2) is 37.8 Å². The minimum Gasteiger partial charge on any atom is -0.494 e. The predicted molar refractivity (Wildman–Crippen MR) is 121 cm³/mol. The molecule has 0 N–H and O–H groups in total. The molecule has 2 unspecified atom stereocenters. The van der Waals surface area contributed by atoms with Crippen LogP contribution in [0.2, 0.25) is 5.02 Å². The summed E-state index contributed by atoms with van der Waals surface area (Å²) in [7, 11) is 2.21. The van der Waals surface area contributed by atoms with E-state index in [2.05, 4.69) is 42.8 Å². The average Bonchev–Trinajstić information content (AvgIpc) is 2.73. The van der Waals surface area contributed by atoms with Crippen LogP contribution in [0.3, 0.4) is 0 Å². The molecule has 2 atom stereocenters. The molecule has 0 amide bonds. The van der Waals surface area contributed by atoms with E-state index in [0.29, 0.717) is 25.3 Å². The zero-order chi connectivity index (χ0) is 20.6. The van der Waals surface area contributed by atoms with Gasteiger partial charge in [-0.2, -0.15) is 0 Å². The van der Waals surface area contributed by atoms with Crippen molar-refractivity contribution < 1.29 is 9.47 Å². The van der Waals surface area contributed by atoms with Crippen LogP contribution in [0.25, 0.3) is 0 Å². The van der Waals surface area contributed by atoms with Crippen LogP contribution < -0.4 is 4.74 Å². The second-order valence-electron chi connectivity index (χ2n) is 7.70. The van der Waals surface area contributed by atoms with Gasteiger partial charge in [0.05, 0.1) is 19.8 Å². The molecule has 0 bridgehead atoms. The molecule has 2 aromatic carbocycles. The van der Waals surface area contributed by atoms with Crippen LogP contribution in [0.4, 0.5) is 0 Å². The Hall–Kier alpha value is -1.81. The normalized spacial score (nSPS) is 19.8. The van der Waals surface area contributed by atoms with E-state index < -0.39 is 0 Å². The molecule has 0 aromatic heterocycles. The van der Waals surface area contributed by atoms with E-state index in [9.17, 15) is 0 Å². The molecule has 3 nitrogen and oxygen atoms in total. The van der Waals surface area contributed by atoms with E-state index >= 15 is 0 Å². The number of rotatable bonds is 9. The summed E-state index contributed by atoms with van der Waals surface area (Å²) in [5.41, 5.74) is 3.75. The third kappa shape index (κ3) is 5.85. The van der Waals surface area contributed by atoms with Crippen LogP contribution in [0.5, 0.6) is 5.75 Å². The largest absolute Gasteiger partial charge is 0.494 e. The second-order valence-corrected chi connectivity index (χ2v) is 8.10. The van der Waals surface area contributed by atoms with Crippen LogP contribution in [-0.2, 0) is 11.2 Å². The number of likely N-dealkylation sites (tertiary alicyclic amines) is 1. The summed E-state index contributed by atoms with van der Waals surface area (Å²) in [5.74, 6) is 0.907. The minimum atomic E-state index is 0.400. The molecular weight excluding hydrogens is 382 g/mol. The maximum Gasteiger partial charge on any atom is 0.119 e. The number of halogens is 1. The lowest BCUT2D eigenvalue weighted by Crippen LogP contribution is -2.41. The van der Waals surface area contributed by atoms with E-state index in [1.807, 2.05) is 31.2 Å². The predicted octanol–water partition coefficient (Wildman–Crippen LogP) is 6.06. The van der Waals surface area contributed by atoms with Crippen molar-refractivity contribution in [3.05, 3.63) is 76.8 Å². The van der Waals surface area contributed by atoms with E-state index in [4.69, 9.17) is 21.1 Å². The number of nitrogens with zero attached hydrogens (tertiary/aromatic N) is 1. The van der Waals surface area contributed by atoms with Crippen LogP contribution >= 0.6 is 11.6 Å². The van der Waals surface area contributed by atoms with Gasteiger partial charge in [0.1, 0.15) is 5.75 Å². The first kappa shape index (κ1) is 21.9. The van der Waals surface area contributed by atoms with Crippen molar-refractivity contribution in [2.45, 2.75) is 44.7 Å². The Labute approximate surface area is 180 Å². The average molecular weight is 414 g/mol. The van der Waals surface area contributed by atoms with Gasteiger partial charge in [-0.3, -0.25) is 4.90 Å². The van der Waals surface area contributed by atoms with E-state index in [-0.39, 0.29) is 0 Å². The Morgan fingerprint density at radius 2 is 1.97 bits per heavy atom. The van der Waals surface area contributed by atoms with E-state index in [1.54, 1.807) is 0 Å². The SMILES string of the molecule is C=CCOCC1CCCC(c2ccc(Cl)c(Cc3ccc(OCC)cc3)c2)N1C. The summed E-state index contributed by atoms with van der Waals surface area (Å²) in [6.07, 6.45) is 6.19. The summed E-state index contributed by atoms with van der Waals surface area (Å²) < 4.78 is 11.3. The molecular formula is C25H32ClNO2. The van der Waals surface area contributed by atoms with Gasteiger partial charge in [-0.05, 0) is 74.5 Å². The number of piperidine rings is 1. The van der Waals surface area contributed by atoms with Gasteiger partial charge < -0.3 is 9.47 Å². The molecule has 0 spiro atoms. The molecule has 0 saturated carbocycles. The lowest BCUT2D eigenvalue weighted by Gasteiger charge is -2.40. The van der Waals surface area contributed by atoms with Crippen molar-refractivity contribution in [1.29, 1.82) is 0 Å². The quantitative estimate of drug-likeness (QED) is 0.368. The van der Waals surface area contributed by atoms with Gasteiger partial charge >= 0.3 is 0 Å². The highest BCUT2D eigenvalue weighted by molar-refractivity contribution is 6.31. The van der Waals surface area contributed by atoms with Gasteiger partial charge in [-0.25, -0.2) is 0 Å². The molecule has 0 radical (unpaired) electrons. The zero-order valence-electron chi connectivity index (χ0n) is 17.6. The third-order valence-electron chi connectivity index (χ3n) is 5.71. The van der Waals surface area contributed by atoms with Crippen molar-refractivity contribution in [3.8, 4) is 5.75 Å². The lowest BCUT2D eigenvalue weighted by atomic mass is 9.90. The first-order valence-electron chi connectivity index (χ1n) is 10.5. The van der Waals surface area contributed by atoms with Gasteiger partial charge in [-0.15, -0.1) is 6.58 Å². The molecule has 1 aliphatic heterocycles. The monoisotopic (exact) mass is 413 g/mol. The Bertz CT molecular complexity index is 790. The fraction of sp³-hybridized carbons (Fsp3) is 0.440. The Balaban J connectivity index is 1.73. The standard InChI is InChI=1S/C25H32ClNO2/c1-4-15-28-18-22-7-6-8-25(27(22)3)20-11-14-24(26)21(17-20)16-19-9-12-23(13-10-19)29-5-2/h4,9-14,17,22,25H,1,5-8,15-16,18H2,2-3H3. The molecule has 0 aliphatic carbocycles. The van der Waals surface area contributed by atoms with Gasteiger partial charge in [0.25, 0.3) is 0 Å². The molecule has 1 aliphatic rings. The zero-order valence-corrected chi connectivity index (χ0v) is 18.3. The number of hydrogen-bond acceptors (Lipinski definition) is 3. The Morgan fingerprint density at radius 1 is 1.17 bits per heavy atom. The van der Waals surface area contributed by atoms with Crippen LogP contribution in [0.1, 0.15) is 48.9 Å². The van der Waals surface area contributed by atoms with Crippen molar-refractivity contribution >= 4 is 11.6 Å². The highest BCUT2D eigenvalue weighted by atomic mass is 35.5. The molecule has 1 saturated heterocycles. The third-order valence-corrected chi connectivity index (χ3v) is 6.08. The molecule has 4 heteroatoms. The Morgan fingerprint density at radius 3 is 2.69 bits per heavy atom. The smallest absolute Gasteiger partial charge is 0.119 e. The number of likely N-dealkylation sites (N-methyl/N-ethyl adjacent to an activating group) is 1. The lowest BCUT2D eigenvalue weighted by molar-refractivity contribution is 0.0363.